The van der Waals surface area contributed by atoms with E-state index < -0.39 is 0 Å². The standard InChI is InChI=1S/C17H24O2/c1-3-8-16(17(18)19-4-2)15-12-6-5-11-14(15)13-9-7-10-13/h5-6,11-13,16H,3-4,7-10H2,1-2H3. The Bertz CT molecular complexity index is 421. The fraction of sp³-hybridized carbons (Fsp3) is 0.588. The van der Waals surface area contributed by atoms with E-state index in [9.17, 15) is 4.79 Å². The molecule has 1 aromatic carbocycles. The summed E-state index contributed by atoms with van der Waals surface area (Å²) in [6, 6.07) is 8.44. The molecule has 0 amide bonds. The van der Waals surface area contributed by atoms with E-state index in [1.54, 1.807) is 0 Å². The summed E-state index contributed by atoms with van der Waals surface area (Å²) in [6.07, 6.45) is 5.72. The molecule has 1 aliphatic carbocycles. The maximum absolute atomic E-state index is 12.2. The Morgan fingerprint density at radius 1 is 1.32 bits per heavy atom. The van der Waals surface area contributed by atoms with Crippen molar-refractivity contribution in [2.75, 3.05) is 6.61 Å². The van der Waals surface area contributed by atoms with Gasteiger partial charge in [-0.15, -0.1) is 0 Å². The number of ether oxygens (including phenoxy) is 1. The molecule has 0 saturated heterocycles. The normalized spacial score (nSPS) is 16.7. The molecule has 1 atom stereocenters. The zero-order valence-corrected chi connectivity index (χ0v) is 12.0. The van der Waals surface area contributed by atoms with E-state index >= 15 is 0 Å². The summed E-state index contributed by atoms with van der Waals surface area (Å²) in [4.78, 5) is 12.2. The molecule has 0 spiro atoms. The van der Waals surface area contributed by atoms with Crippen molar-refractivity contribution < 1.29 is 9.53 Å². The monoisotopic (exact) mass is 260 g/mol. The third-order valence-electron chi connectivity index (χ3n) is 4.06. The Balaban J connectivity index is 2.27. The number of hydrogen-bond donors (Lipinski definition) is 0. The summed E-state index contributed by atoms with van der Waals surface area (Å²) < 4.78 is 5.26. The largest absolute Gasteiger partial charge is 0.466 e. The van der Waals surface area contributed by atoms with Crippen LogP contribution in [0.2, 0.25) is 0 Å². The van der Waals surface area contributed by atoms with Gasteiger partial charge in [0, 0.05) is 0 Å². The summed E-state index contributed by atoms with van der Waals surface area (Å²) in [6.45, 7) is 4.46. The van der Waals surface area contributed by atoms with Crippen molar-refractivity contribution >= 4 is 5.97 Å². The highest BCUT2D eigenvalue weighted by Gasteiger charge is 2.28. The van der Waals surface area contributed by atoms with Crippen LogP contribution >= 0.6 is 0 Å². The van der Waals surface area contributed by atoms with E-state index in [0.29, 0.717) is 12.5 Å². The lowest BCUT2D eigenvalue weighted by molar-refractivity contribution is -0.145. The highest BCUT2D eigenvalue weighted by atomic mass is 16.5. The van der Waals surface area contributed by atoms with E-state index in [2.05, 4.69) is 25.1 Å². The van der Waals surface area contributed by atoms with Crippen LogP contribution in [0, 0.1) is 0 Å². The molecule has 1 saturated carbocycles. The summed E-state index contributed by atoms with van der Waals surface area (Å²) in [5.74, 6) is 0.517. The average molecular weight is 260 g/mol. The zero-order valence-electron chi connectivity index (χ0n) is 12.0. The van der Waals surface area contributed by atoms with E-state index in [1.807, 2.05) is 13.0 Å². The quantitative estimate of drug-likeness (QED) is 0.709. The second-order valence-corrected chi connectivity index (χ2v) is 5.35. The van der Waals surface area contributed by atoms with Crippen molar-refractivity contribution in [1.82, 2.24) is 0 Å². The first-order valence-electron chi connectivity index (χ1n) is 7.53. The van der Waals surface area contributed by atoms with Crippen LogP contribution in [0.5, 0.6) is 0 Å². The molecule has 2 rings (SSSR count). The molecule has 1 aromatic rings. The number of carbonyl (C=O) groups is 1. The topological polar surface area (TPSA) is 26.3 Å². The summed E-state index contributed by atoms with van der Waals surface area (Å²) in [5, 5.41) is 0. The lowest BCUT2D eigenvalue weighted by Crippen LogP contribution is -2.20. The van der Waals surface area contributed by atoms with Gasteiger partial charge in [0.1, 0.15) is 0 Å². The lowest BCUT2D eigenvalue weighted by atomic mass is 9.75. The fourth-order valence-electron chi connectivity index (χ4n) is 2.85. The summed E-state index contributed by atoms with van der Waals surface area (Å²) in [5.41, 5.74) is 2.58. The molecule has 0 N–H and O–H groups in total. The van der Waals surface area contributed by atoms with E-state index in [-0.39, 0.29) is 11.9 Å². The molecule has 0 aliphatic heterocycles. The number of esters is 1. The molecule has 2 heteroatoms. The van der Waals surface area contributed by atoms with Crippen LogP contribution in [0.4, 0.5) is 0 Å². The Labute approximate surface area is 116 Å². The Kier molecular flexibility index (Phi) is 5.00. The molecule has 2 nitrogen and oxygen atoms in total. The SMILES string of the molecule is CCCC(C(=O)OCC)c1ccccc1C1CCC1. The number of carbonyl (C=O) groups excluding carboxylic acids is 1. The van der Waals surface area contributed by atoms with Crippen LogP contribution in [-0.2, 0) is 9.53 Å². The van der Waals surface area contributed by atoms with Gasteiger partial charge in [-0.2, -0.15) is 0 Å². The van der Waals surface area contributed by atoms with Gasteiger partial charge in [-0.1, -0.05) is 44.0 Å². The first kappa shape index (κ1) is 14.1. The van der Waals surface area contributed by atoms with Gasteiger partial charge in [-0.3, -0.25) is 4.79 Å². The molecular weight excluding hydrogens is 236 g/mol. The van der Waals surface area contributed by atoms with Gasteiger partial charge >= 0.3 is 5.97 Å². The van der Waals surface area contributed by atoms with Gasteiger partial charge in [0.05, 0.1) is 12.5 Å². The minimum absolute atomic E-state index is 0.0591. The molecule has 0 heterocycles. The predicted octanol–water partition coefficient (Wildman–Crippen LogP) is 4.40. The smallest absolute Gasteiger partial charge is 0.313 e. The highest BCUT2D eigenvalue weighted by molar-refractivity contribution is 5.78. The zero-order chi connectivity index (χ0) is 13.7. The average Bonchev–Trinajstić information content (AvgIpc) is 2.35. The molecule has 0 aromatic heterocycles. The number of hydrogen-bond acceptors (Lipinski definition) is 2. The van der Waals surface area contributed by atoms with Gasteiger partial charge in [-0.25, -0.2) is 0 Å². The van der Waals surface area contributed by atoms with Gasteiger partial charge in [0.2, 0.25) is 0 Å². The number of benzene rings is 1. The first-order chi connectivity index (χ1) is 9.27. The van der Waals surface area contributed by atoms with Crippen LogP contribution < -0.4 is 0 Å². The molecule has 19 heavy (non-hydrogen) atoms. The van der Waals surface area contributed by atoms with Crippen LogP contribution in [0.15, 0.2) is 24.3 Å². The van der Waals surface area contributed by atoms with Crippen LogP contribution in [0.25, 0.3) is 0 Å². The molecule has 104 valence electrons. The van der Waals surface area contributed by atoms with Gasteiger partial charge in [0.15, 0.2) is 0 Å². The lowest BCUT2D eigenvalue weighted by Gasteiger charge is -2.30. The van der Waals surface area contributed by atoms with Crippen molar-refractivity contribution in [3.8, 4) is 0 Å². The van der Waals surface area contributed by atoms with Crippen LogP contribution in [0.3, 0.4) is 0 Å². The molecular formula is C17H24O2. The van der Waals surface area contributed by atoms with Gasteiger partial charge in [0.25, 0.3) is 0 Å². The number of rotatable bonds is 6. The van der Waals surface area contributed by atoms with E-state index in [1.165, 1.54) is 30.4 Å². The van der Waals surface area contributed by atoms with Crippen molar-refractivity contribution in [2.24, 2.45) is 0 Å². The minimum Gasteiger partial charge on any atom is -0.466 e. The molecule has 0 radical (unpaired) electrons. The molecule has 0 bridgehead atoms. The predicted molar refractivity (Wildman–Crippen MR) is 77.3 cm³/mol. The van der Waals surface area contributed by atoms with Crippen molar-refractivity contribution in [3.05, 3.63) is 35.4 Å². The summed E-state index contributed by atoms with van der Waals surface area (Å²) in [7, 11) is 0. The first-order valence-corrected chi connectivity index (χ1v) is 7.53. The fourth-order valence-corrected chi connectivity index (χ4v) is 2.85. The van der Waals surface area contributed by atoms with Crippen LogP contribution in [0.1, 0.15) is 68.9 Å². The third kappa shape index (κ3) is 3.17. The Morgan fingerprint density at radius 2 is 2.05 bits per heavy atom. The maximum Gasteiger partial charge on any atom is 0.313 e. The third-order valence-corrected chi connectivity index (χ3v) is 4.06. The van der Waals surface area contributed by atoms with E-state index in [4.69, 9.17) is 4.74 Å². The van der Waals surface area contributed by atoms with Crippen molar-refractivity contribution in [1.29, 1.82) is 0 Å². The van der Waals surface area contributed by atoms with Crippen LogP contribution in [-0.4, -0.2) is 12.6 Å². The maximum atomic E-state index is 12.2. The summed E-state index contributed by atoms with van der Waals surface area (Å²) >= 11 is 0. The minimum atomic E-state index is -0.0817. The molecule has 1 fully saturated rings. The second kappa shape index (κ2) is 6.74. The van der Waals surface area contributed by atoms with Crippen molar-refractivity contribution in [3.63, 3.8) is 0 Å². The molecule has 1 aliphatic rings. The Morgan fingerprint density at radius 3 is 2.63 bits per heavy atom. The van der Waals surface area contributed by atoms with Gasteiger partial charge in [-0.05, 0) is 43.2 Å². The van der Waals surface area contributed by atoms with Crippen molar-refractivity contribution in [2.45, 2.75) is 57.8 Å². The van der Waals surface area contributed by atoms with E-state index in [0.717, 1.165) is 12.8 Å². The molecule has 1 unspecified atom stereocenters. The van der Waals surface area contributed by atoms with Gasteiger partial charge < -0.3 is 4.74 Å². The second-order valence-electron chi connectivity index (χ2n) is 5.35. The Hall–Kier alpha value is -1.31. The highest BCUT2D eigenvalue weighted by Crippen LogP contribution is 2.40.